The van der Waals surface area contributed by atoms with E-state index in [2.05, 4.69) is 37.1 Å². The Hall–Kier alpha value is -3.52. The number of hydrogen-bond donors (Lipinski definition) is 1. The van der Waals surface area contributed by atoms with Gasteiger partial charge in [0.15, 0.2) is 0 Å². The minimum Gasteiger partial charge on any atom is -0.495 e. The van der Waals surface area contributed by atoms with Gasteiger partial charge in [-0.15, -0.1) is 0 Å². The first-order valence-corrected chi connectivity index (χ1v) is 13.5. The van der Waals surface area contributed by atoms with Crippen molar-refractivity contribution in [3.8, 4) is 5.75 Å². The molecule has 37 heavy (non-hydrogen) atoms. The zero-order valence-corrected chi connectivity index (χ0v) is 22.5. The highest BCUT2D eigenvalue weighted by Crippen LogP contribution is 2.32. The van der Waals surface area contributed by atoms with Crippen LogP contribution in [0.25, 0.3) is 0 Å². The van der Waals surface area contributed by atoms with Crippen molar-refractivity contribution in [2.75, 3.05) is 61.5 Å². The topological polar surface area (TPSA) is 65.1 Å². The van der Waals surface area contributed by atoms with E-state index in [0.29, 0.717) is 16.8 Å². The lowest BCUT2D eigenvalue weighted by atomic mass is 10.1. The third-order valence-electron chi connectivity index (χ3n) is 7.03. The molecule has 3 aromatic rings. The Kier molecular flexibility index (Phi) is 7.65. The second-order valence-corrected chi connectivity index (χ2v) is 10.3. The third kappa shape index (κ3) is 5.59. The number of nitrogens with zero attached hydrogens (tertiary/aromatic N) is 3. The zero-order chi connectivity index (χ0) is 25.8. The monoisotopic (exact) mass is 562 g/mol. The summed E-state index contributed by atoms with van der Waals surface area (Å²) in [6, 6.07) is 21.0. The molecule has 2 amide bonds. The van der Waals surface area contributed by atoms with Gasteiger partial charge in [0.05, 0.1) is 18.4 Å². The second-order valence-electron chi connectivity index (χ2n) is 9.34. The molecule has 2 aliphatic heterocycles. The number of benzene rings is 3. The molecule has 2 heterocycles. The van der Waals surface area contributed by atoms with Crippen molar-refractivity contribution < 1.29 is 14.3 Å². The summed E-state index contributed by atoms with van der Waals surface area (Å²) < 4.78 is 6.47. The number of carbonyl (C=O) groups excluding carboxylic acids is 2. The predicted molar refractivity (Wildman–Crippen MR) is 151 cm³/mol. The van der Waals surface area contributed by atoms with Gasteiger partial charge in [-0.25, -0.2) is 0 Å². The Morgan fingerprint density at radius 1 is 0.811 bits per heavy atom. The number of ether oxygens (including phenoxy) is 1. The fraction of sp³-hybridized carbons (Fsp3) is 0.310. The molecular formula is C29H31BrN4O3. The molecule has 1 N–H and O–H groups in total. The SMILES string of the molecule is COc1ccccc1N1CCN(c2ccc(NC(=O)c3ccc(Br)cc3)cc2C(=O)N2CCCC2)CC1. The van der Waals surface area contributed by atoms with E-state index in [-0.39, 0.29) is 11.8 Å². The number of hydrogen-bond acceptors (Lipinski definition) is 5. The number of anilines is 3. The number of rotatable bonds is 6. The Morgan fingerprint density at radius 2 is 1.46 bits per heavy atom. The predicted octanol–water partition coefficient (Wildman–Crippen LogP) is 5.27. The van der Waals surface area contributed by atoms with E-state index >= 15 is 0 Å². The number of likely N-dealkylation sites (tertiary alicyclic amines) is 1. The van der Waals surface area contributed by atoms with Crippen LogP contribution in [0.15, 0.2) is 71.2 Å². The van der Waals surface area contributed by atoms with Crippen LogP contribution in [0.1, 0.15) is 33.6 Å². The summed E-state index contributed by atoms with van der Waals surface area (Å²) in [5.74, 6) is 0.691. The molecule has 2 saturated heterocycles. The Labute approximate surface area is 226 Å². The van der Waals surface area contributed by atoms with Crippen LogP contribution in [0.4, 0.5) is 17.1 Å². The summed E-state index contributed by atoms with van der Waals surface area (Å²) in [5, 5.41) is 2.97. The van der Waals surface area contributed by atoms with Gasteiger partial charge >= 0.3 is 0 Å². The van der Waals surface area contributed by atoms with Crippen LogP contribution in [0, 0.1) is 0 Å². The van der Waals surface area contributed by atoms with Crippen molar-refractivity contribution in [3.63, 3.8) is 0 Å². The summed E-state index contributed by atoms with van der Waals surface area (Å²) in [4.78, 5) is 32.9. The van der Waals surface area contributed by atoms with Gasteiger partial charge in [-0.2, -0.15) is 0 Å². The molecular weight excluding hydrogens is 532 g/mol. The number of methoxy groups -OCH3 is 1. The smallest absolute Gasteiger partial charge is 0.256 e. The fourth-order valence-electron chi connectivity index (χ4n) is 5.04. The molecule has 0 spiro atoms. The quantitative estimate of drug-likeness (QED) is 0.443. The highest BCUT2D eigenvalue weighted by molar-refractivity contribution is 9.10. The van der Waals surface area contributed by atoms with Crippen molar-refractivity contribution in [2.24, 2.45) is 0 Å². The number of amides is 2. The normalized spacial score (nSPS) is 15.6. The van der Waals surface area contributed by atoms with Crippen LogP contribution in [0.2, 0.25) is 0 Å². The highest BCUT2D eigenvalue weighted by Gasteiger charge is 2.27. The van der Waals surface area contributed by atoms with Crippen molar-refractivity contribution in [1.82, 2.24) is 4.90 Å². The van der Waals surface area contributed by atoms with Gasteiger partial charge in [0.2, 0.25) is 0 Å². The molecule has 5 rings (SSSR count). The van der Waals surface area contributed by atoms with Crippen LogP contribution in [0.5, 0.6) is 5.75 Å². The molecule has 0 unspecified atom stereocenters. The maximum atomic E-state index is 13.6. The Bertz CT molecular complexity index is 1270. The lowest BCUT2D eigenvalue weighted by Crippen LogP contribution is -2.47. The van der Waals surface area contributed by atoms with Crippen LogP contribution in [-0.4, -0.2) is 63.1 Å². The first-order valence-electron chi connectivity index (χ1n) is 12.7. The number of piperazine rings is 1. The van der Waals surface area contributed by atoms with Crippen molar-refractivity contribution in [3.05, 3.63) is 82.3 Å². The largest absolute Gasteiger partial charge is 0.495 e. The Balaban J connectivity index is 1.37. The van der Waals surface area contributed by atoms with Crippen LogP contribution < -0.4 is 19.9 Å². The van der Waals surface area contributed by atoms with Gasteiger partial charge in [0.25, 0.3) is 11.8 Å². The lowest BCUT2D eigenvalue weighted by molar-refractivity contribution is 0.0793. The standard InChI is InChI=1S/C29H31BrN4O3/c1-37-27-7-3-2-6-26(27)33-18-16-32(17-19-33)25-13-12-23(20-24(25)29(36)34-14-4-5-15-34)31-28(35)21-8-10-22(30)11-9-21/h2-3,6-13,20H,4-5,14-19H2,1H3,(H,31,35). The number of carbonyl (C=O) groups is 2. The van der Waals surface area contributed by atoms with E-state index in [0.717, 1.165) is 73.7 Å². The molecule has 8 heteroatoms. The van der Waals surface area contributed by atoms with Crippen LogP contribution in [0.3, 0.4) is 0 Å². The first-order chi connectivity index (χ1) is 18.0. The zero-order valence-electron chi connectivity index (χ0n) is 21.0. The summed E-state index contributed by atoms with van der Waals surface area (Å²) in [5.41, 5.74) is 3.82. The lowest BCUT2D eigenvalue weighted by Gasteiger charge is -2.38. The van der Waals surface area contributed by atoms with E-state index in [4.69, 9.17) is 4.74 Å². The van der Waals surface area contributed by atoms with E-state index in [1.165, 1.54) is 0 Å². The maximum absolute atomic E-state index is 13.6. The van der Waals surface area contributed by atoms with Crippen molar-refractivity contribution in [2.45, 2.75) is 12.8 Å². The van der Waals surface area contributed by atoms with E-state index in [9.17, 15) is 9.59 Å². The molecule has 2 fully saturated rings. The molecule has 0 radical (unpaired) electrons. The van der Waals surface area contributed by atoms with E-state index in [1.807, 2.05) is 53.4 Å². The minimum atomic E-state index is -0.203. The molecule has 2 aliphatic rings. The van der Waals surface area contributed by atoms with Gasteiger partial charge in [0, 0.05) is 60.7 Å². The minimum absolute atomic E-state index is 0.0272. The van der Waals surface area contributed by atoms with Gasteiger partial charge in [0.1, 0.15) is 5.75 Å². The van der Waals surface area contributed by atoms with Crippen molar-refractivity contribution >= 4 is 44.8 Å². The Morgan fingerprint density at radius 3 is 2.14 bits per heavy atom. The van der Waals surface area contributed by atoms with E-state index in [1.54, 1.807) is 19.2 Å². The summed E-state index contributed by atoms with van der Waals surface area (Å²) >= 11 is 3.40. The highest BCUT2D eigenvalue weighted by atomic mass is 79.9. The average Bonchev–Trinajstić information content (AvgIpc) is 3.48. The van der Waals surface area contributed by atoms with Crippen LogP contribution in [-0.2, 0) is 0 Å². The molecule has 0 bridgehead atoms. The molecule has 7 nitrogen and oxygen atoms in total. The van der Waals surface area contributed by atoms with Gasteiger partial charge in [-0.1, -0.05) is 28.1 Å². The van der Waals surface area contributed by atoms with Crippen LogP contribution >= 0.6 is 15.9 Å². The average molecular weight is 563 g/mol. The third-order valence-corrected chi connectivity index (χ3v) is 7.56. The molecule has 0 aliphatic carbocycles. The molecule has 3 aromatic carbocycles. The summed E-state index contributed by atoms with van der Waals surface area (Å²) in [6.45, 7) is 4.75. The molecule has 0 saturated carbocycles. The maximum Gasteiger partial charge on any atom is 0.256 e. The summed E-state index contributed by atoms with van der Waals surface area (Å²) in [6.07, 6.45) is 2.05. The summed E-state index contributed by atoms with van der Waals surface area (Å²) in [7, 11) is 1.70. The van der Waals surface area contributed by atoms with Gasteiger partial charge in [-0.05, 0) is 67.4 Å². The van der Waals surface area contributed by atoms with Crippen molar-refractivity contribution in [1.29, 1.82) is 0 Å². The number of para-hydroxylation sites is 2. The number of nitrogens with one attached hydrogen (secondary N) is 1. The molecule has 0 aromatic heterocycles. The number of halogens is 1. The molecule has 192 valence electrons. The molecule has 0 atom stereocenters. The van der Waals surface area contributed by atoms with E-state index < -0.39 is 0 Å². The van der Waals surface area contributed by atoms with Gasteiger partial charge < -0.3 is 24.8 Å². The van der Waals surface area contributed by atoms with Gasteiger partial charge in [-0.3, -0.25) is 9.59 Å². The second kappa shape index (κ2) is 11.3. The first kappa shape index (κ1) is 25.1. The fourth-order valence-corrected chi connectivity index (χ4v) is 5.30.